The van der Waals surface area contributed by atoms with Crippen molar-refractivity contribution in [2.24, 2.45) is 5.10 Å². The Labute approximate surface area is 96.6 Å². The van der Waals surface area contributed by atoms with Crippen LogP contribution in [0, 0.1) is 6.92 Å². The summed E-state index contributed by atoms with van der Waals surface area (Å²) in [6.07, 6.45) is 3.07. The molecule has 1 amide bonds. The standard InChI is InChI=1S/C11H10N2O2S/c1-8-4-6-16-10(8)7-12-13-11(14)9-3-2-5-15-9/h2-7H,1H3,(H,13,14)/b12-7+. The van der Waals surface area contributed by atoms with Crippen LogP contribution in [0.5, 0.6) is 0 Å². The van der Waals surface area contributed by atoms with Gasteiger partial charge in [0.25, 0.3) is 0 Å². The molecule has 0 aliphatic heterocycles. The highest BCUT2D eigenvalue weighted by molar-refractivity contribution is 7.11. The number of aryl methyl sites for hydroxylation is 1. The van der Waals surface area contributed by atoms with E-state index in [2.05, 4.69) is 10.5 Å². The summed E-state index contributed by atoms with van der Waals surface area (Å²) in [7, 11) is 0. The van der Waals surface area contributed by atoms with E-state index in [1.807, 2.05) is 18.4 Å². The third kappa shape index (κ3) is 2.38. The molecule has 1 N–H and O–H groups in total. The van der Waals surface area contributed by atoms with Gasteiger partial charge in [0, 0.05) is 4.88 Å². The van der Waals surface area contributed by atoms with Crippen molar-refractivity contribution in [1.82, 2.24) is 5.43 Å². The monoisotopic (exact) mass is 234 g/mol. The average molecular weight is 234 g/mol. The van der Waals surface area contributed by atoms with Crippen LogP contribution in [0.25, 0.3) is 0 Å². The highest BCUT2D eigenvalue weighted by Gasteiger charge is 2.05. The Morgan fingerprint density at radius 1 is 1.56 bits per heavy atom. The quantitative estimate of drug-likeness (QED) is 0.655. The van der Waals surface area contributed by atoms with E-state index >= 15 is 0 Å². The second-order valence-electron chi connectivity index (χ2n) is 3.14. The number of rotatable bonds is 3. The summed E-state index contributed by atoms with van der Waals surface area (Å²) in [6, 6.07) is 5.24. The van der Waals surface area contributed by atoms with Crippen molar-refractivity contribution < 1.29 is 9.21 Å². The van der Waals surface area contributed by atoms with Gasteiger partial charge in [0.1, 0.15) is 0 Å². The number of thiophene rings is 1. The van der Waals surface area contributed by atoms with Gasteiger partial charge in [0.2, 0.25) is 0 Å². The predicted molar refractivity (Wildman–Crippen MR) is 62.8 cm³/mol. The maximum Gasteiger partial charge on any atom is 0.307 e. The van der Waals surface area contributed by atoms with Gasteiger partial charge in [-0.3, -0.25) is 4.79 Å². The molecule has 0 unspecified atom stereocenters. The first-order valence-electron chi connectivity index (χ1n) is 4.68. The molecule has 16 heavy (non-hydrogen) atoms. The first kappa shape index (κ1) is 10.6. The summed E-state index contributed by atoms with van der Waals surface area (Å²) in [5, 5.41) is 5.83. The Morgan fingerprint density at radius 2 is 2.44 bits per heavy atom. The van der Waals surface area contributed by atoms with E-state index in [4.69, 9.17) is 4.42 Å². The van der Waals surface area contributed by atoms with Gasteiger partial charge in [0.15, 0.2) is 5.76 Å². The van der Waals surface area contributed by atoms with Crippen LogP contribution in [0.1, 0.15) is 21.0 Å². The molecule has 0 saturated heterocycles. The van der Waals surface area contributed by atoms with Gasteiger partial charge >= 0.3 is 5.91 Å². The number of nitrogens with one attached hydrogen (secondary N) is 1. The number of nitrogens with zero attached hydrogens (tertiary/aromatic N) is 1. The minimum atomic E-state index is -0.351. The van der Waals surface area contributed by atoms with Gasteiger partial charge in [-0.1, -0.05) is 0 Å². The molecule has 0 bridgehead atoms. The number of furan rings is 1. The summed E-state index contributed by atoms with van der Waals surface area (Å²) >= 11 is 1.57. The van der Waals surface area contributed by atoms with Crippen molar-refractivity contribution >= 4 is 23.5 Å². The van der Waals surface area contributed by atoms with E-state index in [1.54, 1.807) is 29.7 Å². The molecule has 2 heterocycles. The average Bonchev–Trinajstić information content (AvgIpc) is 2.90. The number of carbonyl (C=O) groups is 1. The second kappa shape index (κ2) is 4.76. The topological polar surface area (TPSA) is 54.6 Å². The molecule has 0 fully saturated rings. The van der Waals surface area contributed by atoms with Crippen LogP contribution in [0.3, 0.4) is 0 Å². The van der Waals surface area contributed by atoms with E-state index in [0.29, 0.717) is 0 Å². The van der Waals surface area contributed by atoms with Crippen LogP contribution in [-0.2, 0) is 0 Å². The molecule has 0 radical (unpaired) electrons. The Morgan fingerprint density at radius 3 is 3.06 bits per heavy atom. The zero-order valence-corrected chi connectivity index (χ0v) is 9.45. The predicted octanol–water partition coefficient (Wildman–Crippen LogP) is 2.41. The Bertz CT molecular complexity index is 500. The minimum absolute atomic E-state index is 0.250. The maximum absolute atomic E-state index is 11.4. The maximum atomic E-state index is 11.4. The molecular weight excluding hydrogens is 224 g/mol. The van der Waals surface area contributed by atoms with Crippen LogP contribution < -0.4 is 5.43 Å². The van der Waals surface area contributed by atoms with Crippen molar-refractivity contribution in [2.75, 3.05) is 0 Å². The minimum Gasteiger partial charge on any atom is -0.459 e. The van der Waals surface area contributed by atoms with Gasteiger partial charge in [-0.15, -0.1) is 11.3 Å². The number of hydrazone groups is 1. The first-order valence-corrected chi connectivity index (χ1v) is 5.56. The van der Waals surface area contributed by atoms with E-state index in [9.17, 15) is 4.79 Å². The summed E-state index contributed by atoms with van der Waals surface area (Å²) in [6.45, 7) is 1.99. The molecule has 2 rings (SSSR count). The molecule has 0 aromatic carbocycles. The van der Waals surface area contributed by atoms with Crippen molar-refractivity contribution in [3.63, 3.8) is 0 Å². The molecule has 2 aromatic heterocycles. The zero-order chi connectivity index (χ0) is 11.4. The lowest BCUT2D eigenvalue weighted by Gasteiger charge is -1.94. The highest BCUT2D eigenvalue weighted by atomic mass is 32.1. The molecule has 5 heteroatoms. The fourth-order valence-corrected chi connectivity index (χ4v) is 1.92. The van der Waals surface area contributed by atoms with Gasteiger partial charge in [-0.2, -0.15) is 5.10 Å². The summed E-state index contributed by atoms with van der Waals surface area (Å²) < 4.78 is 4.92. The van der Waals surface area contributed by atoms with E-state index in [0.717, 1.165) is 10.4 Å². The summed E-state index contributed by atoms with van der Waals surface area (Å²) in [4.78, 5) is 12.4. The van der Waals surface area contributed by atoms with Gasteiger partial charge in [-0.05, 0) is 36.1 Å². The second-order valence-corrected chi connectivity index (χ2v) is 4.09. The lowest BCUT2D eigenvalue weighted by atomic mass is 10.3. The van der Waals surface area contributed by atoms with E-state index < -0.39 is 0 Å². The number of hydrogen-bond donors (Lipinski definition) is 1. The molecule has 4 nitrogen and oxygen atoms in total. The third-order valence-electron chi connectivity index (χ3n) is 1.99. The smallest absolute Gasteiger partial charge is 0.307 e. The van der Waals surface area contributed by atoms with Crippen LogP contribution in [-0.4, -0.2) is 12.1 Å². The van der Waals surface area contributed by atoms with Crippen molar-refractivity contribution in [3.8, 4) is 0 Å². The Hall–Kier alpha value is -1.88. The largest absolute Gasteiger partial charge is 0.459 e. The fourth-order valence-electron chi connectivity index (χ4n) is 1.13. The SMILES string of the molecule is Cc1ccsc1/C=N/NC(=O)c1ccco1. The lowest BCUT2D eigenvalue weighted by molar-refractivity contribution is 0.0927. The van der Waals surface area contributed by atoms with Crippen LogP contribution in [0.2, 0.25) is 0 Å². The first-order chi connectivity index (χ1) is 7.77. The summed E-state index contributed by atoms with van der Waals surface area (Å²) in [5.74, 6) is -0.101. The normalized spacial score (nSPS) is 10.8. The van der Waals surface area contributed by atoms with Gasteiger partial charge < -0.3 is 4.42 Å². The molecule has 0 aliphatic carbocycles. The van der Waals surface area contributed by atoms with Crippen LogP contribution in [0.15, 0.2) is 39.4 Å². The highest BCUT2D eigenvalue weighted by Crippen LogP contribution is 2.12. The molecule has 0 atom stereocenters. The molecule has 82 valence electrons. The number of carbonyl (C=O) groups excluding carboxylic acids is 1. The van der Waals surface area contributed by atoms with Crippen molar-refractivity contribution in [1.29, 1.82) is 0 Å². The van der Waals surface area contributed by atoms with Crippen LogP contribution >= 0.6 is 11.3 Å². The van der Waals surface area contributed by atoms with Crippen LogP contribution in [0.4, 0.5) is 0 Å². The fraction of sp³-hybridized carbons (Fsp3) is 0.0909. The molecule has 0 spiro atoms. The van der Waals surface area contributed by atoms with Crippen molar-refractivity contribution in [2.45, 2.75) is 6.92 Å². The third-order valence-corrected chi connectivity index (χ3v) is 2.95. The Kier molecular flexibility index (Phi) is 3.16. The Balaban J connectivity index is 1.96. The zero-order valence-electron chi connectivity index (χ0n) is 8.64. The molecular formula is C11H10N2O2S. The number of hydrogen-bond acceptors (Lipinski definition) is 4. The lowest BCUT2D eigenvalue weighted by Crippen LogP contribution is -2.16. The molecule has 0 aliphatic rings. The molecule has 0 saturated carbocycles. The van der Waals surface area contributed by atoms with Crippen molar-refractivity contribution in [3.05, 3.63) is 46.0 Å². The van der Waals surface area contributed by atoms with E-state index in [-0.39, 0.29) is 11.7 Å². The van der Waals surface area contributed by atoms with E-state index in [1.165, 1.54) is 6.26 Å². The van der Waals surface area contributed by atoms with Gasteiger partial charge in [-0.25, -0.2) is 5.43 Å². The molecule has 2 aromatic rings. The van der Waals surface area contributed by atoms with Gasteiger partial charge in [0.05, 0.1) is 12.5 Å². The summed E-state index contributed by atoms with van der Waals surface area (Å²) in [5.41, 5.74) is 3.53. The number of amides is 1.